The summed E-state index contributed by atoms with van der Waals surface area (Å²) in [5.74, 6) is 0. The molecule has 5 heteroatoms. The predicted molar refractivity (Wildman–Crippen MR) is 103 cm³/mol. The molecule has 2 N–H and O–H groups in total. The summed E-state index contributed by atoms with van der Waals surface area (Å²) in [6.45, 7) is 23.0. The minimum absolute atomic E-state index is 0.612. The zero-order valence-corrected chi connectivity index (χ0v) is 14.9. The Labute approximate surface area is 142 Å². The molecule has 0 saturated heterocycles. The van der Waals surface area contributed by atoms with Crippen molar-refractivity contribution < 1.29 is 0 Å². The molecule has 130 valence electrons. The molecule has 0 aromatic rings. The van der Waals surface area contributed by atoms with Crippen LogP contribution in [0.5, 0.6) is 0 Å². The monoisotopic (exact) mass is 319 g/mol. The summed E-state index contributed by atoms with van der Waals surface area (Å²) in [5, 5.41) is 4.37. The van der Waals surface area contributed by atoms with Gasteiger partial charge in [0.05, 0.1) is 6.54 Å². The molecule has 0 rings (SSSR count). The zero-order chi connectivity index (χ0) is 17.7. The van der Waals surface area contributed by atoms with Crippen LogP contribution in [0, 0.1) is 0 Å². The van der Waals surface area contributed by atoms with E-state index in [1.165, 1.54) is 0 Å². The van der Waals surface area contributed by atoms with E-state index in [4.69, 9.17) is 5.73 Å². The van der Waals surface area contributed by atoms with Crippen LogP contribution in [-0.4, -0.2) is 74.0 Å². The molecular formula is C18H33N5. The van der Waals surface area contributed by atoms with Crippen molar-refractivity contribution >= 4 is 6.21 Å². The first-order chi connectivity index (χ1) is 10.9. The lowest BCUT2D eigenvalue weighted by Crippen LogP contribution is -2.48. The first-order valence-corrected chi connectivity index (χ1v) is 7.86. The molecule has 0 aliphatic heterocycles. The molecule has 0 atom stereocenters. The van der Waals surface area contributed by atoms with Gasteiger partial charge in [0.15, 0.2) is 0 Å². The number of nitrogens with two attached hydrogens (primary N) is 1. The number of hydrogen-bond acceptors (Lipinski definition) is 5. The van der Waals surface area contributed by atoms with E-state index in [2.05, 4.69) is 46.2 Å². The number of nitrogens with zero attached hydrogens (tertiary/aromatic N) is 4. The maximum Gasteiger partial charge on any atom is 0.0524 e. The smallest absolute Gasteiger partial charge is 0.0524 e. The molecule has 23 heavy (non-hydrogen) atoms. The van der Waals surface area contributed by atoms with Gasteiger partial charge in [-0.2, -0.15) is 0 Å². The van der Waals surface area contributed by atoms with Gasteiger partial charge < -0.3 is 5.73 Å². The highest BCUT2D eigenvalue weighted by atomic mass is 15.6. The lowest BCUT2D eigenvalue weighted by Gasteiger charge is -2.35. The van der Waals surface area contributed by atoms with E-state index in [0.29, 0.717) is 12.2 Å². The third-order valence-electron chi connectivity index (χ3n) is 3.16. The lowest BCUT2D eigenvalue weighted by molar-refractivity contribution is 0.00275. The molecule has 0 radical (unpaired) electrons. The molecule has 0 fully saturated rings. The minimum atomic E-state index is 0.612. The second-order valence-electron chi connectivity index (χ2n) is 5.63. The highest BCUT2D eigenvalue weighted by Crippen LogP contribution is 2.03. The second kappa shape index (κ2) is 12.8. The van der Waals surface area contributed by atoms with Gasteiger partial charge in [-0.15, -0.1) is 13.2 Å². The molecule has 0 aromatic carbocycles. The number of hydrogen-bond donors (Lipinski definition) is 1. The fourth-order valence-corrected chi connectivity index (χ4v) is 2.24. The molecular weight excluding hydrogens is 286 g/mol. The predicted octanol–water partition coefficient (Wildman–Crippen LogP) is 1.93. The second-order valence-corrected chi connectivity index (χ2v) is 5.63. The Hall–Kier alpha value is -1.69. The van der Waals surface area contributed by atoms with Crippen LogP contribution in [0.4, 0.5) is 0 Å². The van der Waals surface area contributed by atoms with Gasteiger partial charge in [-0.3, -0.25) is 9.89 Å². The largest absolute Gasteiger partial charge is 0.401 e. The Kier molecular flexibility index (Phi) is 11.9. The maximum atomic E-state index is 5.84. The molecule has 0 heterocycles. The van der Waals surface area contributed by atoms with Gasteiger partial charge in [0, 0.05) is 58.2 Å². The fourth-order valence-electron chi connectivity index (χ4n) is 2.24. The van der Waals surface area contributed by atoms with Gasteiger partial charge >= 0.3 is 0 Å². The Morgan fingerprint density at radius 3 is 2.13 bits per heavy atom. The summed E-state index contributed by atoms with van der Waals surface area (Å²) < 4.78 is 0. The van der Waals surface area contributed by atoms with Gasteiger partial charge in [-0.1, -0.05) is 30.9 Å². The van der Waals surface area contributed by atoms with Gasteiger partial charge in [-0.25, -0.2) is 10.0 Å². The number of hydrazine groups is 1. The van der Waals surface area contributed by atoms with Gasteiger partial charge in [0.2, 0.25) is 0 Å². The van der Waals surface area contributed by atoms with Crippen molar-refractivity contribution in [3.8, 4) is 0 Å². The molecule has 0 aliphatic carbocycles. The SMILES string of the molecule is C=CCN(CCN(CC(=C)N)N(CC=C)C/C=N\C)CC(=C)C. The summed E-state index contributed by atoms with van der Waals surface area (Å²) >= 11 is 0. The Balaban J connectivity index is 4.90. The Morgan fingerprint density at radius 2 is 1.65 bits per heavy atom. The van der Waals surface area contributed by atoms with Crippen LogP contribution in [0.15, 0.2) is 54.7 Å². The summed E-state index contributed by atoms with van der Waals surface area (Å²) in [4.78, 5) is 6.37. The van der Waals surface area contributed by atoms with E-state index >= 15 is 0 Å². The third-order valence-corrected chi connectivity index (χ3v) is 3.16. The molecule has 5 nitrogen and oxygen atoms in total. The van der Waals surface area contributed by atoms with Crippen molar-refractivity contribution in [3.63, 3.8) is 0 Å². The van der Waals surface area contributed by atoms with Crippen LogP contribution in [0.25, 0.3) is 0 Å². The van der Waals surface area contributed by atoms with Crippen LogP contribution in [0.2, 0.25) is 0 Å². The number of aliphatic imine (C=N–C) groups is 1. The van der Waals surface area contributed by atoms with Crippen LogP contribution < -0.4 is 5.73 Å². The van der Waals surface area contributed by atoms with Crippen molar-refractivity contribution in [1.29, 1.82) is 0 Å². The van der Waals surface area contributed by atoms with Crippen LogP contribution in [0.1, 0.15) is 6.92 Å². The van der Waals surface area contributed by atoms with Crippen LogP contribution >= 0.6 is 0 Å². The molecule has 0 spiro atoms. The third kappa shape index (κ3) is 10.6. The van der Waals surface area contributed by atoms with Gasteiger partial charge in [0.25, 0.3) is 0 Å². The van der Waals surface area contributed by atoms with Gasteiger partial charge in [-0.05, 0) is 6.92 Å². The highest BCUT2D eigenvalue weighted by molar-refractivity contribution is 5.59. The van der Waals surface area contributed by atoms with Crippen molar-refractivity contribution in [3.05, 3.63) is 49.7 Å². The molecule has 0 amide bonds. The maximum absolute atomic E-state index is 5.84. The summed E-state index contributed by atoms with van der Waals surface area (Å²) in [6.07, 6.45) is 5.68. The first-order valence-electron chi connectivity index (χ1n) is 7.86. The standard InChI is InChI=1S/C18H33N5/c1-7-10-21(15-17(3)4)13-14-23(16-18(5)19)22(11-8-2)12-9-20-6/h7-9H,1-3,5,10-16,19H2,4,6H3/b20-9-. The van der Waals surface area contributed by atoms with Crippen molar-refractivity contribution in [2.75, 3.05) is 52.9 Å². The molecule has 0 bridgehead atoms. The topological polar surface area (TPSA) is 48.1 Å². The highest BCUT2D eigenvalue weighted by Gasteiger charge is 2.15. The van der Waals surface area contributed by atoms with Crippen LogP contribution in [-0.2, 0) is 0 Å². The average Bonchev–Trinajstić information content (AvgIpc) is 2.47. The summed E-state index contributed by atoms with van der Waals surface area (Å²) in [7, 11) is 1.77. The lowest BCUT2D eigenvalue weighted by atomic mass is 10.3. The van der Waals surface area contributed by atoms with E-state index in [1.807, 2.05) is 25.3 Å². The molecule has 0 unspecified atom stereocenters. The van der Waals surface area contributed by atoms with E-state index in [-0.39, 0.29) is 0 Å². The van der Waals surface area contributed by atoms with E-state index < -0.39 is 0 Å². The molecule has 0 saturated carbocycles. The first kappa shape index (κ1) is 21.3. The summed E-state index contributed by atoms with van der Waals surface area (Å²) in [5.41, 5.74) is 7.62. The fraction of sp³-hybridized carbons (Fsp3) is 0.500. The van der Waals surface area contributed by atoms with Crippen molar-refractivity contribution in [2.24, 2.45) is 10.7 Å². The van der Waals surface area contributed by atoms with Crippen molar-refractivity contribution in [1.82, 2.24) is 14.9 Å². The average molecular weight is 319 g/mol. The zero-order valence-electron chi connectivity index (χ0n) is 14.9. The Bertz CT molecular complexity index is 414. The minimum Gasteiger partial charge on any atom is -0.401 e. The summed E-state index contributed by atoms with van der Waals surface area (Å²) in [6, 6.07) is 0. The van der Waals surface area contributed by atoms with Crippen LogP contribution in [0.3, 0.4) is 0 Å². The molecule has 0 aliphatic rings. The van der Waals surface area contributed by atoms with Gasteiger partial charge in [0.1, 0.15) is 0 Å². The van der Waals surface area contributed by atoms with E-state index in [0.717, 1.165) is 44.8 Å². The normalized spacial score (nSPS) is 11.5. The molecule has 0 aromatic heterocycles. The quantitative estimate of drug-likeness (QED) is 0.302. The van der Waals surface area contributed by atoms with E-state index in [1.54, 1.807) is 7.05 Å². The number of rotatable bonds is 14. The van der Waals surface area contributed by atoms with E-state index in [9.17, 15) is 0 Å². The van der Waals surface area contributed by atoms with Crippen molar-refractivity contribution in [2.45, 2.75) is 6.92 Å². The Morgan fingerprint density at radius 1 is 1.00 bits per heavy atom.